The predicted molar refractivity (Wildman–Crippen MR) is 90.5 cm³/mol. The van der Waals surface area contributed by atoms with Crippen molar-refractivity contribution in [2.75, 3.05) is 4.72 Å². The van der Waals surface area contributed by atoms with Crippen molar-refractivity contribution in [2.45, 2.75) is 17.6 Å². The number of rotatable bonds is 6. The van der Waals surface area contributed by atoms with Crippen molar-refractivity contribution in [2.24, 2.45) is 5.14 Å². The van der Waals surface area contributed by atoms with Gasteiger partial charge in [0.1, 0.15) is 0 Å². The quantitative estimate of drug-likeness (QED) is 0.748. The average molecular weight is 368 g/mol. The molecule has 24 heavy (non-hydrogen) atoms. The minimum atomic E-state index is -3.81. The topological polar surface area (TPSA) is 123 Å². The highest BCUT2D eigenvalue weighted by atomic mass is 32.2. The summed E-state index contributed by atoms with van der Waals surface area (Å²) in [6, 6.07) is 11.4. The van der Waals surface area contributed by atoms with Gasteiger partial charge in [-0.1, -0.05) is 24.3 Å². The molecule has 2 rings (SSSR count). The zero-order valence-corrected chi connectivity index (χ0v) is 14.4. The molecule has 0 unspecified atom stereocenters. The molecule has 0 saturated heterocycles. The zero-order chi connectivity index (χ0) is 18.0. The summed E-state index contributed by atoms with van der Waals surface area (Å²) >= 11 is 0. The van der Waals surface area contributed by atoms with E-state index >= 15 is 0 Å². The second kappa shape index (κ2) is 6.71. The summed E-state index contributed by atoms with van der Waals surface area (Å²) in [7, 11) is -7.45. The molecule has 0 radical (unpaired) electrons. The van der Waals surface area contributed by atoms with Gasteiger partial charge >= 0.3 is 0 Å². The zero-order valence-electron chi connectivity index (χ0n) is 12.8. The summed E-state index contributed by atoms with van der Waals surface area (Å²) in [4.78, 5) is 11.2. The summed E-state index contributed by atoms with van der Waals surface area (Å²) in [5.74, 6) is -0.482. The van der Waals surface area contributed by atoms with E-state index < -0.39 is 20.0 Å². The number of hydrogen-bond acceptors (Lipinski definition) is 5. The SMILES string of the molecule is CC(=O)c1ccc(S(=O)(=O)Nc2ccc(CS(N)(=O)=O)cc2)cc1. The highest BCUT2D eigenvalue weighted by Gasteiger charge is 2.15. The monoisotopic (exact) mass is 368 g/mol. The number of nitrogens with two attached hydrogens (primary N) is 1. The first kappa shape index (κ1) is 18.1. The lowest BCUT2D eigenvalue weighted by molar-refractivity contribution is 0.101. The Labute approximate surface area is 140 Å². The molecule has 2 aromatic rings. The molecule has 0 aromatic heterocycles. The standard InChI is InChI=1S/C15H16N2O5S2/c1-11(18)13-4-8-15(9-5-13)24(21,22)17-14-6-2-12(3-7-14)10-23(16,19)20/h2-9,17H,10H2,1H3,(H2,16,19,20). The minimum absolute atomic E-state index is 0.0149. The van der Waals surface area contributed by atoms with Crippen LogP contribution < -0.4 is 9.86 Å². The fourth-order valence-electron chi connectivity index (χ4n) is 1.98. The number of carbonyl (C=O) groups excluding carboxylic acids is 1. The average Bonchev–Trinajstić information content (AvgIpc) is 2.47. The van der Waals surface area contributed by atoms with Crippen molar-refractivity contribution in [3.63, 3.8) is 0 Å². The molecule has 0 aliphatic carbocycles. The van der Waals surface area contributed by atoms with E-state index in [1.165, 1.54) is 55.5 Å². The Bertz CT molecular complexity index is 948. The van der Waals surface area contributed by atoms with Gasteiger partial charge in [0.2, 0.25) is 10.0 Å². The van der Waals surface area contributed by atoms with Crippen molar-refractivity contribution >= 4 is 31.5 Å². The van der Waals surface area contributed by atoms with E-state index in [4.69, 9.17) is 5.14 Å². The minimum Gasteiger partial charge on any atom is -0.295 e. The van der Waals surface area contributed by atoms with Gasteiger partial charge in [-0.3, -0.25) is 9.52 Å². The van der Waals surface area contributed by atoms with Gasteiger partial charge in [-0.05, 0) is 36.8 Å². The van der Waals surface area contributed by atoms with E-state index in [1.807, 2.05) is 0 Å². The molecule has 0 atom stereocenters. The first-order chi connectivity index (χ1) is 11.1. The first-order valence-corrected chi connectivity index (χ1v) is 10.00. The molecule has 0 heterocycles. The van der Waals surface area contributed by atoms with Crippen LogP contribution in [-0.2, 0) is 25.8 Å². The Hall–Kier alpha value is -2.23. The number of anilines is 1. The predicted octanol–water partition coefficient (Wildman–Crippen LogP) is 1.48. The molecule has 0 spiro atoms. The smallest absolute Gasteiger partial charge is 0.261 e. The number of benzene rings is 2. The van der Waals surface area contributed by atoms with Gasteiger partial charge in [0.15, 0.2) is 5.78 Å². The highest BCUT2D eigenvalue weighted by Crippen LogP contribution is 2.18. The van der Waals surface area contributed by atoms with Gasteiger partial charge in [0, 0.05) is 11.3 Å². The molecular formula is C15H16N2O5S2. The molecule has 0 aliphatic rings. The number of Topliss-reactive ketones (excluding diaryl/α,β-unsaturated/α-hetero) is 1. The van der Waals surface area contributed by atoms with Crippen LogP contribution in [0.3, 0.4) is 0 Å². The van der Waals surface area contributed by atoms with Crippen molar-refractivity contribution in [1.82, 2.24) is 0 Å². The van der Waals surface area contributed by atoms with Gasteiger partial charge in [-0.2, -0.15) is 0 Å². The molecule has 9 heteroatoms. The van der Waals surface area contributed by atoms with Crippen LogP contribution in [0.2, 0.25) is 0 Å². The molecular weight excluding hydrogens is 352 g/mol. The van der Waals surface area contributed by atoms with E-state index in [-0.39, 0.29) is 22.1 Å². The third kappa shape index (κ3) is 4.88. The lowest BCUT2D eigenvalue weighted by Gasteiger charge is -2.09. The van der Waals surface area contributed by atoms with Gasteiger partial charge in [0.05, 0.1) is 10.6 Å². The number of ketones is 1. The Morgan fingerprint density at radius 3 is 1.96 bits per heavy atom. The number of hydrogen-bond donors (Lipinski definition) is 2. The van der Waals surface area contributed by atoms with Crippen LogP contribution >= 0.6 is 0 Å². The Morgan fingerprint density at radius 2 is 1.50 bits per heavy atom. The second-order valence-corrected chi connectivity index (χ2v) is 8.49. The van der Waals surface area contributed by atoms with Crippen LogP contribution in [0.4, 0.5) is 5.69 Å². The Kier molecular flexibility index (Phi) is 5.07. The lowest BCUT2D eigenvalue weighted by Crippen LogP contribution is -2.15. The molecule has 2 aromatic carbocycles. The van der Waals surface area contributed by atoms with Crippen molar-refractivity contribution < 1.29 is 21.6 Å². The Morgan fingerprint density at radius 1 is 0.958 bits per heavy atom. The third-order valence-electron chi connectivity index (χ3n) is 3.15. The summed E-state index contributed by atoms with van der Waals surface area (Å²) in [5, 5.41) is 4.95. The van der Waals surface area contributed by atoms with E-state index in [0.717, 1.165) is 0 Å². The van der Waals surface area contributed by atoms with Gasteiger partial charge in [-0.25, -0.2) is 22.0 Å². The Balaban J connectivity index is 2.18. The molecule has 128 valence electrons. The van der Waals surface area contributed by atoms with Gasteiger partial charge in [-0.15, -0.1) is 0 Å². The fraction of sp³-hybridized carbons (Fsp3) is 0.133. The molecule has 7 nitrogen and oxygen atoms in total. The summed E-state index contributed by atoms with van der Waals surface area (Å²) in [6.45, 7) is 1.39. The van der Waals surface area contributed by atoms with E-state index in [1.54, 1.807) is 0 Å². The van der Waals surface area contributed by atoms with Crippen LogP contribution in [0.25, 0.3) is 0 Å². The summed E-state index contributed by atoms with van der Waals surface area (Å²) in [5.41, 5.74) is 1.15. The fourth-order valence-corrected chi connectivity index (χ4v) is 3.70. The maximum Gasteiger partial charge on any atom is 0.261 e. The molecule has 0 aliphatic heterocycles. The number of sulfonamides is 2. The maximum atomic E-state index is 12.3. The molecule has 0 saturated carbocycles. The first-order valence-electron chi connectivity index (χ1n) is 6.80. The van der Waals surface area contributed by atoms with Crippen molar-refractivity contribution in [3.8, 4) is 0 Å². The van der Waals surface area contributed by atoms with E-state index in [0.29, 0.717) is 11.1 Å². The van der Waals surface area contributed by atoms with Crippen molar-refractivity contribution in [3.05, 3.63) is 59.7 Å². The molecule has 0 bridgehead atoms. The number of primary sulfonamides is 1. The number of nitrogens with one attached hydrogen (secondary N) is 1. The van der Waals surface area contributed by atoms with Crippen molar-refractivity contribution in [1.29, 1.82) is 0 Å². The van der Waals surface area contributed by atoms with E-state index in [9.17, 15) is 21.6 Å². The van der Waals surface area contributed by atoms with E-state index in [2.05, 4.69) is 4.72 Å². The maximum absolute atomic E-state index is 12.3. The second-order valence-electron chi connectivity index (χ2n) is 5.19. The third-order valence-corrected chi connectivity index (χ3v) is 5.28. The summed E-state index contributed by atoms with van der Waals surface area (Å²) < 4.78 is 49.0. The number of carbonyl (C=O) groups is 1. The molecule has 0 amide bonds. The van der Waals surface area contributed by atoms with Crippen LogP contribution in [0.15, 0.2) is 53.4 Å². The van der Waals surface area contributed by atoms with Gasteiger partial charge < -0.3 is 0 Å². The summed E-state index contributed by atoms with van der Waals surface area (Å²) in [6.07, 6.45) is 0. The van der Waals surface area contributed by atoms with Crippen LogP contribution in [0, 0.1) is 0 Å². The van der Waals surface area contributed by atoms with Gasteiger partial charge in [0.25, 0.3) is 10.0 Å². The molecule has 3 N–H and O–H groups in total. The lowest BCUT2D eigenvalue weighted by atomic mass is 10.2. The molecule has 0 fully saturated rings. The van der Waals surface area contributed by atoms with Crippen LogP contribution in [-0.4, -0.2) is 22.6 Å². The van der Waals surface area contributed by atoms with Crippen LogP contribution in [0.5, 0.6) is 0 Å². The highest BCUT2D eigenvalue weighted by molar-refractivity contribution is 7.92. The largest absolute Gasteiger partial charge is 0.295 e. The van der Waals surface area contributed by atoms with Crippen LogP contribution in [0.1, 0.15) is 22.8 Å². The normalized spacial score (nSPS) is 11.9.